The van der Waals surface area contributed by atoms with Crippen LogP contribution in [0, 0.1) is 5.82 Å². The Labute approximate surface area is 213 Å². The predicted molar refractivity (Wildman–Crippen MR) is 136 cm³/mol. The molecule has 0 saturated carbocycles. The fourth-order valence-electron chi connectivity index (χ4n) is 6.05. The van der Waals surface area contributed by atoms with E-state index in [0.717, 1.165) is 30.5 Å². The second kappa shape index (κ2) is 8.62. The summed E-state index contributed by atoms with van der Waals surface area (Å²) in [5.41, 5.74) is 1.63. The predicted octanol–water partition coefficient (Wildman–Crippen LogP) is 3.95. The van der Waals surface area contributed by atoms with Crippen LogP contribution in [0.2, 0.25) is 0 Å². The van der Waals surface area contributed by atoms with Crippen molar-refractivity contribution in [3.8, 4) is 11.5 Å². The number of benzene rings is 2. The number of hydrogen-bond donors (Lipinski definition) is 2. The van der Waals surface area contributed by atoms with Crippen LogP contribution in [0.1, 0.15) is 36.2 Å². The first kappa shape index (κ1) is 23.5. The van der Waals surface area contributed by atoms with E-state index in [-0.39, 0.29) is 29.9 Å². The van der Waals surface area contributed by atoms with Gasteiger partial charge in [-0.2, -0.15) is 0 Å². The van der Waals surface area contributed by atoms with Gasteiger partial charge >= 0.3 is 6.03 Å². The van der Waals surface area contributed by atoms with Crippen molar-refractivity contribution in [1.82, 2.24) is 19.7 Å². The molecule has 2 unspecified atom stereocenters. The highest BCUT2D eigenvalue weighted by Gasteiger charge is 2.60. The maximum Gasteiger partial charge on any atom is 0.328 e. The number of H-pyrrole nitrogens is 1. The van der Waals surface area contributed by atoms with Crippen molar-refractivity contribution in [3.63, 3.8) is 0 Å². The molecule has 3 aliphatic rings. The molecule has 0 bridgehead atoms. The number of amides is 3. The van der Waals surface area contributed by atoms with Gasteiger partial charge in [0.25, 0.3) is 5.91 Å². The van der Waals surface area contributed by atoms with E-state index in [1.54, 1.807) is 36.1 Å². The number of imide groups is 1. The summed E-state index contributed by atoms with van der Waals surface area (Å²) in [5, 5.41) is 11.0. The number of rotatable bonds is 5. The lowest BCUT2D eigenvalue weighted by atomic mass is 9.81. The molecule has 1 saturated heterocycles. The Bertz CT molecular complexity index is 1450. The van der Waals surface area contributed by atoms with Gasteiger partial charge in [0.2, 0.25) is 0 Å². The molecule has 37 heavy (non-hydrogen) atoms. The van der Waals surface area contributed by atoms with Crippen LogP contribution in [0.4, 0.5) is 9.18 Å². The van der Waals surface area contributed by atoms with Gasteiger partial charge in [0.15, 0.2) is 11.6 Å². The Balaban J connectivity index is 1.47. The molecule has 9 heteroatoms. The lowest BCUT2D eigenvalue weighted by molar-refractivity contribution is -0.133. The average Bonchev–Trinajstić information content (AvgIpc) is 3.32. The van der Waals surface area contributed by atoms with Gasteiger partial charge in [-0.25, -0.2) is 9.18 Å². The standard InChI is InChI=1S/C28H29FN4O4/c1-28-16-20-19-14-23(37-2)21(29)15-22(19)30-24(20)25(17-7-6-8-18(34)13-17)33(28)27(36)32(26(28)35)12-11-31-9-4-3-5-10-31/h3-4,6-8,13-15,25,30,34H,5,9-12,16H2,1-2H3. The molecule has 0 aliphatic carbocycles. The van der Waals surface area contributed by atoms with Crippen molar-refractivity contribution < 1.29 is 23.8 Å². The van der Waals surface area contributed by atoms with Crippen LogP contribution < -0.4 is 4.74 Å². The zero-order valence-electron chi connectivity index (χ0n) is 20.8. The number of halogens is 1. The number of carbonyl (C=O) groups is 2. The number of urea groups is 1. The number of ether oxygens (including phenoxy) is 1. The summed E-state index contributed by atoms with van der Waals surface area (Å²) in [6, 6.07) is 8.70. The topological polar surface area (TPSA) is 89.1 Å². The van der Waals surface area contributed by atoms with Crippen LogP contribution in [0.15, 0.2) is 48.6 Å². The molecule has 1 aromatic heterocycles. The zero-order chi connectivity index (χ0) is 25.9. The van der Waals surface area contributed by atoms with Crippen LogP contribution in [-0.4, -0.2) is 75.6 Å². The Morgan fingerprint density at radius 1 is 1.19 bits per heavy atom. The number of methoxy groups -OCH3 is 1. The highest BCUT2D eigenvalue weighted by molar-refractivity contribution is 6.08. The first-order valence-electron chi connectivity index (χ1n) is 12.5. The molecule has 3 aliphatic heterocycles. The first-order chi connectivity index (χ1) is 17.8. The summed E-state index contributed by atoms with van der Waals surface area (Å²) in [7, 11) is 1.41. The van der Waals surface area contributed by atoms with Crippen molar-refractivity contribution >= 4 is 22.8 Å². The molecular weight excluding hydrogens is 475 g/mol. The number of aromatic amines is 1. The lowest BCUT2D eigenvalue weighted by Crippen LogP contribution is -2.53. The summed E-state index contributed by atoms with van der Waals surface area (Å²) >= 11 is 0. The van der Waals surface area contributed by atoms with E-state index in [1.165, 1.54) is 18.1 Å². The molecule has 0 spiro atoms. The zero-order valence-corrected chi connectivity index (χ0v) is 20.8. The first-order valence-corrected chi connectivity index (χ1v) is 12.5. The number of aromatic hydroxyl groups is 1. The van der Waals surface area contributed by atoms with Crippen molar-refractivity contribution in [2.75, 3.05) is 33.3 Å². The maximum absolute atomic E-state index is 14.6. The summed E-state index contributed by atoms with van der Waals surface area (Å²) < 4.78 is 19.8. The number of fused-ring (bicyclic) bond motifs is 4. The van der Waals surface area contributed by atoms with Crippen LogP contribution in [0.25, 0.3) is 10.9 Å². The third kappa shape index (κ3) is 3.60. The summed E-state index contributed by atoms with van der Waals surface area (Å²) in [5.74, 6) is -0.575. The van der Waals surface area contributed by atoms with Gasteiger partial charge in [0.1, 0.15) is 17.3 Å². The van der Waals surface area contributed by atoms with E-state index in [0.29, 0.717) is 29.9 Å². The Hall–Kier alpha value is -3.85. The summed E-state index contributed by atoms with van der Waals surface area (Å²) in [6.07, 6.45) is 5.48. The van der Waals surface area contributed by atoms with Gasteiger partial charge in [-0.1, -0.05) is 24.3 Å². The van der Waals surface area contributed by atoms with Crippen LogP contribution in [0.3, 0.4) is 0 Å². The average molecular weight is 505 g/mol. The van der Waals surface area contributed by atoms with Gasteiger partial charge in [0.05, 0.1) is 7.11 Å². The van der Waals surface area contributed by atoms with E-state index < -0.39 is 17.4 Å². The van der Waals surface area contributed by atoms with E-state index >= 15 is 0 Å². The van der Waals surface area contributed by atoms with Crippen molar-refractivity contribution in [3.05, 3.63) is 71.2 Å². The van der Waals surface area contributed by atoms with E-state index in [9.17, 15) is 19.1 Å². The van der Waals surface area contributed by atoms with Gasteiger partial charge in [-0.05, 0) is 42.7 Å². The van der Waals surface area contributed by atoms with Crippen molar-refractivity contribution in [2.24, 2.45) is 0 Å². The van der Waals surface area contributed by atoms with Gasteiger partial charge in [-0.15, -0.1) is 0 Å². The molecule has 6 rings (SSSR count). The summed E-state index contributed by atoms with van der Waals surface area (Å²) in [4.78, 5) is 36.4. The molecule has 2 N–H and O–H groups in total. The normalized spacial score (nSPS) is 23.6. The molecule has 3 aromatic rings. The molecule has 4 heterocycles. The molecule has 192 valence electrons. The number of phenolic OH excluding ortho intramolecular Hbond substituents is 1. The number of aromatic nitrogens is 1. The Morgan fingerprint density at radius 2 is 2.03 bits per heavy atom. The lowest BCUT2D eigenvalue weighted by Gasteiger charge is -2.42. The van der Waals surface area contributed by atoms with E-state index in [2.05, 4.69) is 22.0 Å². The molecule has 0 radical (unpaired) electrons. The van der Waals surface area contributed by atoms with E-state index in [4.69, 9.17) is 4.74 Å². The van der Waals surface area contributed by atoms with Gasteiger partial charge in [0, 0.05) is 55.3 Å². The number of nitrogens with zero attached hydrogens (tertiary/aromatic N) is 3. The quantitative estimate of drug-likeness (QED) is 0.406. The minimum atomic E-state index is -1.14. The van der Waals surface area contributed by atoms with Crippen LogP contribution >= 0.6 is 0 Å². The minimum Gasteiger partial charge on any atom is -0.508 e. The second-order valence-electron chi connectivity index (χ2n) is 10.2. The van der Waals surface area contributed by atoms with Gasteiger partial charge < -0.3 is 14.8 Å². The van der Waals surface area contributed by atoms with Crippen molar-refractivity contribution in [1.29, 1.82) is 0 Å². The molecular formula is C28H29FN4O4. The number of hydrogen-bond acceptors (Lipinski definition) is 5. The molecule has 3 amide bonds. The smallest absolute Gasteiger partial charge is 0.328 e. The second-order valence-corrected chi connectivity index (χ2v) is 10.2. The molecule has 2 aromatic carbocycles. The molecule has 1 fully saturated rings. The third-order valence-corrected chi connectivity index (χ3v) is 7.91. The fraction of sp³-hybridized carbons (Fsp3) is 0.357. The van der Waals surface area contributed by atoms with Gasteiger partial charge in [-0.3, -0.25) is 19.5 Å². The number of nitrogens with one attached hydrogen (secondary N) is 1. The largest absolute Gasteiger partial charge is 0.508 e. The van der Waals surface area contributed by atoms with E-state index in [1.807, 2.05) is 6.07 Å². The highest BCUT2D eigenvalue weighted by atomic mass is 19.1. The number of phenols is 1. The van der Waals surface area contributed by atoms with Crippen LogP contribution in [-0.2, 0) is 11.2 Å². The Kier molecular flexibility index (Phi) is 5.49. The maximum atomic E-state index is 14.6. The molecule has 2 atom stereocenters. The SMILES string of the molecule is COc1cc2c3c([nH]c2cc1F)C(c1cccc(O)c1)N1C(=O)N(CCN2CC=CCC2)C(=O)C1(C)C3. The Morgan fingerprint density at radius 3 is 2.76 bits per heavy atom. The fourth-order valence-corrected chi connectivity index (χ4v) is 6.05. The molecule has 8 nitrogen and oxygen atoms in total. The monoisotopic (exact) mass is 504 g/mol. The minimum absolute atomic E-state index is 0.0585. The number of carbonyl (C=O) groups excluding carboxylic acids is 2. The van der Waals surface area contributed by atoms with Crippen LogP contribution in [0.5, 0.6) is 11.5 Å². The third-order valence-electron chi connectivity index (χ3n) is 7.91. The highest BCUT2D eigenvalue weighted by Crippen LogP contribution is 2.49. The van der Waals surface area contributed by atoms with Crippen molar-refractivity contribution in [2.45, 2.75) is 31.3 Å². The summed E-state index contributed by atoms with van der Waals surface area (Å²) in [6.45, 7) is 4.41.